The quantitative estimate of drug-likeness (QED) is 0.538. The molecule has 4 rings (SSSR count). The number of carbonyl (C=O) groups is 1. The third kappa shape index (κ3) is 3.38. The molecule has 1 aliphatic heterocycles. The Hall–Kier alpha value is -4.01. The fourth-order valence-electron chi connectivity index (χ4n) is 2.54. The summed E-state index contributed by atoms with van der Waals surface area (Å²) < 4.78 is 10.6. The van der Waals surface area contributed by atoms with Gasteiger partial charge in [0.05, 0.1) is 5.56 Å². The van der Waals surface area contributed by atoms with Crippen molar-refractivity contribution in [1.82, 2.24) is 9.97 Å². The van der Waals surface area contributed by atoms with Gasteiger partial charge in [0.1, 0.15) is 12.0 Å². The number of rotatable bonds is 5. The highest BCUT2D eigenvalue weighted by Crippen LogP contribution is 2.36. The van der Waals surface area contributed by atoms with Crippen LogP contribution in [0.3, 0.4) is 0 Å². The van der Waals surface area contributed by atoms with Crippen molar-refractivity contribution in [1.29, 1.82) is 0 Å². The second-order valence-corrected chi connectivity index (χ2v) is 5.69. The molecular weight excluding hydrogens is 350 g/mol. The van der Waals surface area contributed by atoms with Crippen LogP contribution in [0.15, 0.2) is 48.8 Å². The van der Waals surface area contributed by atoms with Gasteiger partial charge in [-0.2, -0.15) is 0 Å². The van der Waals surface area contributed by atoms with Crippen LogP contribution < -0.4 is 25.8 Å². The Morgan fingerprint density at radius 1 is 0.963 bits per heavy atom. The van der Waals surface area contributed by atoms with E-state index in [1.165, 1.54) is 18.5 Å². The minimum Gasteiger partial charge on any atom is -0.478 e. The van der Waals surface area contributed by atoms with Gasteiger partial charge in [-0.25, -0.2) is 14.8 Å². The van der Waals surface area contributed by atoms with E-state index < -0.39 is 5.97 Å². The summed E-state index contributed by atoms with van der Waals surface area (Å²) in [6.07, 6.45) is 1.37. The fourth-order valence-corrected chi connectivity index (χ4v) is 2.54. The lowest BCUT2D eigenvalue weighted by atomic mass is 10.2. The first-order valence-corrected chi connectivity index (χ1v) is 7.98. The Kier molecular flexibility index (Phi) is 4.09. The Labute approximate surface area is 153 Å². The zero-order valence-corrected chi connectivity index (χ0v) is 14.0. The van der Waals surface area contributed by atoms with Crippen LogP contribution in [0, 0.1) is 0 Å². The van der Waals surface area contributed by atoms with Crippen molar-refractivity contribution in [3.63, 3.8) is 0 Å². The summed E-state index contributed by atoms with van der Waals surface area (Å²) in [6, 6.07) is 11.7. The van der Waals surface area contributed by atoms with E-state index in [0.29, 0.717) is 34.5 Å². The molecule has 1 aromatic heterocycles. The molecule has 9 heteroatoms. The highest BCUT2D eigenvalue weighted by Gasteiger charge is 2.15. The van der Waals surface area contributed by atoms with Gasteiger partial charge in [-0.15, -0.1) is 0 Å². The van der Waals surface area contributed by atoms with Gasteiger partial charge in [0.25, 0.3) is 0 Å². The summed E-state index contributed by atoms with van der Waals surface area (Å²) >= 11 is 0. The number of aromatic carboxylic acids is 1. The van der Waals surface area contributed by atoms with Crippen molar-refractivity contribution in [2.45, 2.75) is 0 Å². The number of aromatic nitrogens is 2. The van der Waals surface area contributed by atoms with Crippen LogP contribution in [0.2, 0.25) is 0 Å². The number of carboxylic acid groups (broad SMARTS) is 1. The van der Waals surface area contributed by atoms with Crippen LogP contribution in [0.25, 0.3) is 0 Å². The van der Waals surface area contributed by atoms with Gasteiger partial charge in [-0.05, 0) is 36.4 Å². The van der Waals surface area contributed by atoms with Crippen molar-refractivity contribution in [2.75, 3.05) is 23.2 Å². The van der Waals surface area contributed by atoms with Crippen molar-refractivity contribution in [2.24, 2.45) is 0 Å². The van der Waals surface area contributed by atoms with E-state index in [1.54, 1.807) is 24.3 Å². The number of nitrogens with two attached hydrogens (primary N) is 1. The number of nitrogen functional groups attached to an aromatic ring is 1. The summed E-state index contributed by atoms with van der Waals surface area (Å²) in [7, 11) is 0. The van der Waals surface area contributed by atoms with E-state index in [-0.39, 0.29) is 12.4 Å². The molecule has 2 aromatic carbocycles. The SMILES string of the molecule is Nc1c(Nc2ccc(C(=O)O)cc2)ncnc1Nc1ccc2c(c1)OCO2. The maximum atomic E-state index is 10.9. The molecular formula is C18H15N5O4. The lowest BCUT2D eigenvalue weighted by Crippen LogP contribution is -2.05. The average Bonchev–Trinajstić information content (AvgIpc) is 3.13. The molecule has 0 unspecified atom stereocenters. The van der Waals surface area contributed by atoms with Crippen molar-refractivity contribution in [3.05, 3.63) is 54.4 Å². The lowest BCUT2D eigenvalue weighted by Gasteiger charge is -2.13. The summed E-state index contributed by atoms with van der Waals surface area (Å²) in [5, 5.41) is 15.1. The number of hydrogen-bond acceptors (Lipinski definition) is 8. The van der Waals surface area contributed by atoms with Gasteiger partial charge in [-0.1, -0.05) is 0 Å². The van der Waals surface area contributed by atoms with Crippen LogP contribution in [-0.4, -0.2) is 27.8 Å². The number of nitrogens with one attached hydrogen (secondary N) is 2. The molecule has 3 aromatic rings. The molecule has 136 valence electrons. The number of hydrogen-bond donors (Lipinski definition) is 4. The number of anilines is 5. The van der Waals surface area contributed by atoms with E-state index in [9.17, 15) is 4.79 Å². The zero-order chi connectivity index (χ0) is 18.8. The van der Waals surface area contributed by atoms with Crippen molar-refractivity contribution in [3.8, 4) is 11.5 Å². The molecule has 0 spiro atoms. The first kappa shape index (κ1) is 16.5. The minimum atomic E-state index is -0.988. The van der Waals surface area contributed by atoms with E-state index >= 15 is 0 Å². The average molecular weight is 365 g/mol. The molecule has 2 heterocycles. The Morgan fingerprint density at radius 3 is 2.30 bits per heavy atom. The summed E-state index contributed by atoms with van der Waals surface area (Å²) in [6.45, 7) is 0.198. The second kappa shape index (κ2) is 6.71. The number of ether oxygens (including phenoxy) is 2. The topological polar surface area (TPSA) is 132 Å². The zero-order valence-electron chi connectivity index (χ0n) is 14.0. The Bertz CT molecular complexity index is 1010. The van der Waals surface area contributed by atoms with E-state index in [2.05, 4.69) is 20.6 Å². The highest BCUT2D eigenvalue weighted by molar-refractivity contribution is 5.88. The molecule has 5 N–H and O–H groups in total. The molecule has 0 saturated carbocycles. The summed E-state index contributed by atoms with van der Waals surface area (Å²) in [5.41, 5.74) is 8.07. The van der Waals surface area contributed by atoms with Crippen molar-refractivity contribution >= 4 is 34.7 Å². The van der Waals surface area contributed by atoms with Crippen molar-refractivity contribution < 1.29 is 19.4 Å². The predicted octanol–water partition coefficient (Wildman–Crippen LogP) is 2.97. The summed E-state index contributed by atoms with van der Waals surface area (Å²) in [4.78, 5) is 19.2. The van der Waals surface area contributed by atoms with Crippen LogP contribution in [-0.2, 0) is 0 Å². The van der Waals surface area contributed by atoms with Crippen LogP contribution in [0.5, 0.6) is 11.5 Å². The smallest absolute Gasteiger partial charge is 0.335 e. The number of carboxylic acids is 1. The number of fused-ring (bicyclic) bond motifs is 1. The molecule has 1 aliphatic rings. The monoisotopic (exact) mass is 365 g/mol. The first-order chi connectivity index (χ1) is 13.1. The maximum absolute atomic E-state index is 10.9. The van der Waals surface area contributed by atoms with E-state index in [0.717, 1.165) is 5.69 Å². The van der Waals surface area contributed by atoms with Gasteiger partial charge in [-0.3, -0.25) is 0 Å². The van der Waals surface area contributed by atoms with E-state index in [4.69, 9.17) is 20.3 Å². The van der Waals surface area contributed by atoms with Crippen LogP contribution >= 0.6 is 0 Å². The number of nitrogens with zero attached hydrogens (tertiary/aromatic N) is 2. The molecule has 0 radical (unpaired) electrons. The second-order valence-electron chi connectivity index (χ2n) is 5.69. The van der Waals surface area contributed by atoms with E-state index in [1.807, 2.05) is 6.07 Å². The molecule has 0 amide bonds. The van der Waals surface area contributed by atoms with Crippen LogP contribution in [0.4, 0.5) is 28.7 Å². The molecule has 0 atom stereocenters. The molecule has 0 fully saturated rings. The minimum absolute atomic E-state index is 0.196. The molecule has 27 heavy (non-hydrogen) atoms. The first-order valence-electron chi connectivity index (χ1n) is 7.98. The van der Waals surface area contributed by atoms with Gasteiger partial charge in [0.2, 0.25) is 6.79 Å². The summed E-state index contributed by atoms with van der Waals surface area (Å²) in [5.74, 6) is 1.16. The molecule has 0 bridgehead atoms. The van der Waals surface area contributed by atoms with Crippen LogP contribution in [0.1, 0.15) is 10.4 Å². The van der Waals surface area contributed by atoms with Gasteiger partial charge in [0.15, 0.2) is 23.1 Å². The third-order valence-electron chi connectivity index (χ3n) is 3.91. The van der Waals surface area contributed by atoms with Gasteiger partial charge in [0, 0.05) is 17.4 Å². The fraction of sp³-hybridized carbons (Fsp3) is 0.0556. The normalized spacial score (nSPS) is 11.9. The predicted molar refractivity (Wildman–Crippen MR) is 99.0 cm³/mol. The largest absolute Gasteiger partial charge is 0.478 e. The Morgan fingerprint density at radius 2 is 1.59 bits per heavy atom. The molecule has 0 saturated heterocycles. The highest BCUT2D eigenvalue weighted by atomic mass is 16.7. The molecule has 9 nitrogen and oxygen atoms in total. The maximum Gasteiger partial charge on any atom is 0.335 e. The Balaban J connectivity index is 1.54. The third-order valence-corrected chi connectivity index (χ3v) is 3.91. The van der Waals surface area contributed by atoms with Gasteiger partial charge < -0.3 is 30.9 Å². The number of benzene rings is 2. The lowest BCUT2D eigenvalue weighted by molar-refractivity contribution is 0.0697. The standard InChI is InChI=1S/C18H15N5O4/c19-15-16(22-11-3-1-10(2-4-11)18(24)25)20-8-21-17(15)23-12-5-6-13-14(7-12)27-9-26-13/h1-8H,9,19H2,(H,24,25)(H2,20,21,22,23). The molecule has 0 aliphatic carbocycles. The van der Waals surface area contributed by atoms with Gasteiger partial charge >= 0.3 is 5.97 Å².